The molecule has 0 atom stereocenters. The lowest BCUT2D eigenvalue weighted by Crippen LogP contribution is -2.38. The van der Waals surface area contributed by atoms with Crippen LogP contribution in [0.25, 0.3) is 10.9 Å². The quantitative estimate of drug-likeness (QED) is 0.480. The Morgan fingerprint density at radius 3 is 2.89 bits per heavy atom. The zero-order valence-electron chi connectivity index (χ0n) is 10.9. The lowest BCUT2D eigenvalue weighted by molar-refractivity contribution is 0.420. The molecular weight excluding hydrogens is 242 g/mol. The molecule has 1 aromatic carbocycles. The monoisotopic (exact) mass is 261 g/mol. The molecule has 0 unspecified atom stereocenters. The van der Waals surface area contributed by atoms with Crippen molar-refractivity contribution in [2.24, 2.45) is 11.5 Å². The van der Waals surface area contributed by atoms with Gasteiger partial charge >= 0.3 is 0 Å². The molecule has 0 spiro atoms. The molecule has 0 fully saturated rings. The summed E-state index contributed by atoms with van der Waals surface area (Å²) in [5.74, 6) is 1.57. The first-order chi connectivity index (χ1) is 9.17. The molecule has 0 bridgehead atoms. The highest BCUT2D eigenvalue weighted by molar-refractivity contribution is 5.97. The smallest absolute Gasteiger partial charge is 0.194 e. The summed E-state index contributed by atoms with van der Waals surface area (Å²) in [5, 5.41) is 8.62. The summed E-state index contributed by atoms with van der Waals surface area (Å²) >= 11 is 0. The second-order valence-electron chi connectivity index (χ2n) is 4.26. The fourth-order valence-corrected chi connectivity index (χ4v) is 2.06. The number of nitrogens with one attached hydrogen (secondary N) is 2. The van der Waals surface area contributed by atoms with E-state index in [0.29, 0.717) is 13.1 Å². The van der Waals surface area contributed by atoms with Crippen LogP contribution in [0.4, 0.5) is 5.82 Å². The Morgan fingerprint density at radius 2 is 2.26 bits per heavy atom. The zero-order valence-corrected chi connectivity index (χ0v) is 10.9. The number of methoxy groups -OCH3 is 1. The Labute approximate surface area is 111 Å². The molecule has 0 aliphatic carbocycles. The first-order valence-corrected chi connectivity index (χ1v) is 6.14. The van der Waals surface area contributed by atoms with Crippen molar-refractivity contribution in [1.29, 1.82) is 5.41 Å². The molecule has 0 amide bonds. The molecular formula is C13H19N5O. The molecule has 2 rings (SSSR count). The van der Waals surface area contributed by atoms with E-state index in [9.17, 15) is 0 Å². The summed E-state index contributed by atoms with van der Waals surface area (Å²) in [4.78, 5) is 4.95. The number of H-pyrrole nitrogens is 1. The Morgan fingerprint density at radius 1 is 1.47 bits per heavy atom. The molecule has 0 saturated heterocycles. The second kappa shape index (κ2) is 5.62. The number of guanidine groups is 1. The van der Waals surface area contributed by atoms with E-state index in [-0.39, 0.29) is 5.96 Å². The van der Waals surface area contributed by atoms with Crippen molar-refractivity contribution in [3.05, 3.63) is 24.3 Å². The van der Waals surface area contributed by atoms with Gasteiger partial charge in [0, 0.05) is 11.9 Å². The van der Waals surface area contributed by atoms with Crippen LogP contribution < -0.4 is 21.1 Å². The van der Waals surface area contributed by atoms with Crippen molar-refractivity contribution in [2.75, 3.05) is 25.1 Å². The number of ether oxygens (including phenoxy) is 1. The first-order valence-electron chi connectivity index (χ1n) is 6.14. The molecule has 19 heavy (non-hydrogen) atoms. The van der Waals surface area contributed by atoms with Gasteiger partial charge in [0.25, 0.3) is 0 Å². The molecule has 0 aliphatic heterocycles. The average Bonchev–Trinajstić information content (AvgIpc) is 2.82. The molecule has 1 heterocycles. The lowest BCUT2D eigenvalue weighted by atomic mass is 10.2. The molecule has 0 aliphatic rings. The number of hydrogen-bond acceptors (Lipinski definition) is 3. The van der Waals surface area contributed by atoms with Gasteiger partial charge < -0.3 is 21.2 Å². The third kappa shape index (κ3) is 2.63. The fraction of sp³-hybridized carbons (Fsp3) is 0.308. The maximum Gasteiger partial charge on any atom is 0.194 e. The van der Waals surface area contributed by atoms with Crippen molar-refractivity contribution in [1.82, 2.24) is 4.98 Å². The van der Waals surface area contributed by atoms with Crippen molar-refractivity contribution in [3.8, 4) is 5.75 Å². The highest BCUT2D eigenvalue weighted by Crippen LogP contribution is 2.29. The molecule has 1 aromatic heterocycles. The Kier molecular flexibility index (Phi) is 3.91. The number of nitrogens with zero attached hydrogens (tertiary/aromatic N) is 1. The average molecular weight is 261 g/mol. The maximum absolute atomic E-state index is 7.65. The molecule has 6 nitrogen and oxygen atoms in total. The number of aromatic nitrogens is 1. The Hall–Kier alpha value is -2.21. The predicted molar refractivity (Wildman–Crippen MR) is 77.8 cm³/mol. The summed E-state index contributed by atoms with van der Waals surface area (Å²) in [6, 6.07) is 7.71. The molecule has 6 heteroatoms. The van der Waals surface area contributed by atoms with Gasteiger partial charge in [-0.25, -0.2) is 0 Å². The van der Waals surface area contributed by atoms with Crippen molar-refractivity contribution in [3.63, 3.8) is 0 Å². The maximum atomic E-state index is 7.65. The fourth-order valence-electron chi connectivity index (χ4n) is 2.06. The van der Waals surface area contributed by atoms with Crippen LogP contribution in [0.5, 0.6) is 5.75 Å². The largest absolute Gasteiger partial charge is 0.496 e. The Bertz CT molecular complexity index is 577. The SMILES string of the molecule is COc1cccc2[nH]c(N(CCCN)C(=N)N)cc12. The van der Waals surface area contributed by atoms with Crippen LogP contribution in [0.15, 0.2) is 24.3 Å². The summed E-state index contributed by atoms with van der Waals surface area (Å²) < 4.78 is 5.32. The number of benzene rings is 1. The van der Waals surface area contributed by atoms with E-state index < -0.39 is 0 Å². The molecule has 6 N–H and O–H groups in total. The minimum Gasteiger partial charge on any atom is -0.496 e. The number of aromatic amines is 1. The van der Waals surface area contributed by atoms with Gasteiger partial charge in [0.15, 0.2) is 5.96 Å². The van der Waals surface area contributed by atoms with Crippen molar-refractivity contribution >= 4 is 22.7 Å². The molecule has 0 saturated carbocycles. The van der Waals surface area contributed by atoms with E-state index in [1.165, 1.54) is 0 Å². The summed E-state index contributed by atoms with van der Waals surface area (Å²) in [6.45, 7) is 1.17. The van der Waals surface area contributed by atoms with E-state index in [1.807, 2.05) is 24.3 Å². The van der Waals surface area contributed by atoms with Crippen molar-refractivity contribution < 1.29 is 4.74 Å². The first kappa shape index (κ1) is 13.2. The van der Waals surface area contributed by atoms with Gasteiger partial charge in [-0.05, 0) is 31.2 Å². The van der Waals surface area contributed by atoms with Crippen LogP contribution in [0, 0.1) is 5.41 Å². The van der Waals surface area contributed by atoms with Crippen LogP contribution in [0.2, 0.25) is 0 Å². The van der Waals surface area contributed by atoms with Gasteiger partial charge in [-0.3, -0.25) is 10.3 Å². The predicted octanol–water partition coefficient (Wildman–Crippen LogP) is 1.23. The van der Waals surface area contributed by atoms with Gasteiger partial charge in [-0.2, -0.15) is 0 Å². The summed E-state index contributed by atoms with van der Waals surface area (Å²) in [5.41, 5.74) is 12.1. The highest BCUT2D eigenvalue weighted by atomic mass is 16.5. The van der Waals surface area contributed by atoms with Crippen LogP contribution in [0.1, 0.15) is 6.42 Å². The normalized spacial score (nSPS) is 10.6. The third-order valence-electron chi connectivity index (χ3n) is 3.00. The standard InChI is InChI=1S/C13H19N5O/c1-19-11-5-2-4-10-9(11)8-12(17-10)18(13(15)16)7-3-6-14/h2,4-5,8,17H,3,6-7,14H2,1H3,(H3,15,16). The van der Waals surface area contributed by atoms with Crippen LogP contribution >= 0.6 is 0 Å². The number of fused-ring (bicyclic) bond motifs is 1. The van der Waals surface area contributed by atoms with Gasteiger partial charge in [-0.1, -0.05) is 6.07 Å². The van der Waals surface area contributed by atoms with Crippen LogP contribution in [-0.4, -0.2) is 31.1 Å². The van der Waals surface area contributed by atoms with E-state index in [2.05, 4.69) is 4.98 Å². The second-order valence-corrected chi connectivity index (χ2v) is 4.26. The number of rotatable bonds is 5. The summed E-state index contributed by atoms with van der Waals surface area (Å²) in [7, 11) is 1.64. The minimum absolute atomic E-state index is 0.000951. The van der Waals surface area contributed by atoms with Gasteiger partial charge in [0.1, 0.15) is 11.6 Å². The number of hydrogen-bond donors (Lipinski definition) is 4. The zero-order chi connectivity index (χ0) is 13.8. The summed E-state index contributed by atoms with van der Waals surface area (Å²) in [6.07, 6.45) is 0.770. The van der Waals surface area contributed by atoms with Crippen LogP contribution in [-0.2, 0) is 0 Å². The van der Waals surface area contributed by atoms with E-state index in [4.69, 9.17) is 21.6 Å². The Balaban J connectivity index is 2.40. The van der Waals surface area contributed by atoms with Gasteiger partial charge in [-0.15, -0.1) is 0 Å². The number of anilines is 1. The minimum atomic E-state index is -0.000951. The van der Waals surface area contributed by atoms with E-state index >= 15 is 0 Å². The topological polar surface area (TPSA) is 104 Å². The van der Waals surface area contributed by atoms with E-state index in [0.717, 1.165) is 28.9 Å². The molecule has 2 aromatic rings. The van der Waals surface area contributed by atoms with Crippen LogP contribution in [0.3, 0.4) is 0 Å². The third-order valence-corrected chi connectivity index (χ3v) is 3.00. The lowest BCUT2D eigenvalue weighted by Gasteiger charge is -2.20. The number of nitrogens with two attached hydrogens (primary N) is 2. The molecule has 102 valence electrons. The van der Waals surface area contributed by atoms with Crippen molar-refractivity contribution in [2.45, 2.75) is 6.42 Å². The van der Waals surface area contributed by atoms with E-state index in [1.54, 1.807) is 12.0 Å². The molecule has 0 radical (unpaired) electrons. The van der Waals surface area contributed by atoms with Gasteiger partial charge in [0.05, 0.1) is 12.6 Å². The highest BCUT2D eigenvalue weighted by Gasteiger charge is 2.13. The van der Waals surface area contributed by atoms with Gasteiger partial charge in [0.2, 0.25) is 0 Å².